The number of halogens is 2. The maximum absolute atomic E-state index is 13.4. The van der Waals surface area contributed by atoms with Crippen molar-refractivity contribution < 1.29 is 12.8 Å². The highest BCUT2D eigenvalue weighted by atomic mass is 35.5. The lowest BCUT2D eigenvalue weighted by Gasteiger charge is -2.41. The van der Waals surface area contributed by atoms with Crippen LogP contribution in [0.2, 0.25) is 5.02 Å². The zero-order chi connectivity index (χ0) is 18.8. The Kier molecular flexibility index (Phi) is 5.53. The zero-order valence-corrected chi connectivity index (χ0v) is 15.7. The third-order valence-electron chi connectivity index (χ3n) is 4.48. The van der Waals surface area contributed by atoms with Gasteiger partial charge in [0.2, 0.25) is 10.0 Å². The molecule has 0 saturated heterocycles. The number of hydrogen-bond donors (Lipinski definition) is 3. The second-order valence-electron chi connectivity index (χ2n) is 6.61. The Labute approximate surface area is 157 Å². The molecule has 0 bridgehead atoms. The molecule has 2 unspecified atom stereocenters. The molecule has 2 aromatic rings. The minimum Gasteiger partial charge on any atom is -0.366 e. The van der Waals surface area contributed by atoms with E-state index in [4.69, 9.17) is 17.3 Å². The summed E-state index contributed by atoms with van der Waals surface area (Å²) in [6.07, 6.45) is 2.55. The smallest absolute Gasteiger partial charge is 0.242 e. The Hall–Kier alpha value is -1.67. The molecule has 3 rings (SSSR count). The zero-order valence-electron chi connectivity index (χ0n) is 14.1. The first-order valence-electron chi connectivity index (χ1n) is 8.38. The van der Waals surface area contributed by atoms with Crippen LogP contribution in [0.15, 0.2) is 53.4 Å². The van der Waals surface area contributed by atoms with Gasteiger partial charge < -0.3 is 11.1 Å². The minimum absolute atomic E-state index is 0.0313. The molecule has 4 N–H and O–H groups in total. The van der Waals surface area contributed by atoms with Gasteiger partial charge in [-0.15, -0.1) is 0 Å². The number of sulfonamides is 1. The molecule has 0 radical (unpaired) electrons. The van der Waals surface area contributed by atoms with Gasteiger partial charge in [0.1, 0.15) is 11.5 Å². The van der Waals surface area contributed by atoms with Crippen molar-refractivity contribution in [3.05, 3.63) is 59.4 Å². The van der Waals surface area contributed by atoms with E-state index in [0.717, 1.165) is 12.8 Å². The lowest BCUT2D eigenvalue weighted by Crippen LogP contribution is -2.58. The van der Waals surface area contributed by atoms with E-state index in [0.29, 0.717) is 18.5 Å². The van der Waals surface area contributed by atoms with Crippen LogP contribution in [-0.4, -0.2) is 20.1 Å². The van der Waals surface area contributed by atoms with Crippen molar-refractivity contribution in [2.75, 3.05) is 5.32 Å². The highest BCUT2D eigenvalue weighted by Gasteiger charge is 2.39. The van der Waals surface area contributed by atoms with Crippen LogP contribution in [0.1, 0.15) is 25.7 Å². The fourth-order valence-electron chi connectivity index (χ4n) is 3.32. The minimum atomic E-state index is -3.76. The van der Waals surface area contributed by atoms with Gasteiger partial charge in [-0.2, -0.15) is 4.72 Å². The molecule has 2 atom stereocenters. The summed E-state index contributed by atoms with van der Waals surface area (Å²) in [5.41, 5.74) is 5.68. The standard InChI is InChI=1S/C18H21ClFN3O2S/c19-16-11-14(8-9-17(16)20)22-18(10-4-5-13(21)12-18)23-26(24,25)15-6-2-1-3-7-15/h1-3,6-9,11,13,22-23H,4-5,10,12,21H2. The van der Waals surface area contributed by atoms with Gasteiger partial charge in [-0.25, -0.2) is 12.8 Å². The number of benzene rings is 2. The maximum atomic E-state index is 13.4. The average Bonchev–Trinajstić information content (AvgIpc) is 2.58. The van der Waals surface area contributed by atoms with E-state index in [9.17, 15) is 12.8 Å². The van der Waals surface area contributed by atoms with Gasteiger partial charge in [-0.3, -0.25) is 0 Å². The lowest BCUT2D eigenvalue weighted by molar-refractivity contribution is 0.277. The lowest BCUT2D eigenvalue weighted by atomic mass is 9.86. The molecular formula is C18H21ClFN3O2S. The maximum Gasteiger partial charge on any atom is 0.242 e. The van der Waals surface area contributed by atoms with Crippen LogP contribution < -0.4 is 15.8 Å². The van der Waals surface area contributed by atoms with Crippen LogP contribution in [0.25, 0.3) is 0 Å². The summed E-state index contributed by atoms with van der Waals surface area (Å²) in [6.45, 7) is 0. The molecule has 0 spiro atoms. The summed E-state index contributed by atoms with van der Waals surface area (Å²) in [6, 6.07) is 12.2. The van der Waals surface area contributed by atoms with E-state index in [1.54, 1.807) is 18.2 Å². The molecule has 0 heterocycles. The molecular weight excluding hydrogens is 377 g/mol. The first-order chi connectivity index (χ1) is 12.3. The molecule has 5 nitrogen and oxygen atoms in total. The van der Waals surface area contributed by atoms with Crippen molar-refractivity contribution in [1.82, 2.24) is 4.72 Å². The highest BCUT2D eigenvalue weighted by molar-refractivity contribution is 7.89. The third kappa shape index (κ3) is 4.35. The third-order valence-corrected chi connectivity index (χ3v) is 6.32. The topological polar surface area (TPSA) is 84.2 Å². The SMILES string of the molecule is NC1CCCC(Nc2ccc(F)c(Cl)c2)(NS(=O)(=O)c2ccccc2)C1. The monoisotopic (exact) mass is 397 g/mol. The predicted octanol–water partition coefficient (Wildman–Crippen LogP) is 3.47. The van der Waals surface area contributed by atoms with Crippen molar-refractivity contribution in [3.63, 3.8) is 0 Å². The molecule has 1 aliphatic rings. The Morgan fingerprint density at radius 2 is 1.92 bits per heavy atom. The summed E-state index contributed by atoms with van der Waals surface area (Å²) in [5.74, 6) is -0.531. The Morgan fingerprint density at radius 3 is 2.58 bits per heavy atom. The summed E-state index contributed by atoms with van der Waals surface area (Å²) >= 11 is 5.86. The van der Waals surface area contributed by atoms with Gasteiger partial charge in [-0.1, -0.05) is 29.8 Å². The van der Waals surface area contributed by atoms with Crippen LogP contribution in [0.3, 0.4) is 0 Å². The van der Waals surface area contributed by atoms with Crippen molar-refractivity contribution in [1.29, 1.82) is 0 Å². The van der Waals surface area contributed by atoms with Crippen molar-refractivity contribution in [2.45, 2.75) is 42.3 Å². The number of nitrogens with two attached hydrogens (primary N) is 1. The van der Waals surface area contributed by atoms with Crippen LogP contribution in [-0.2, 0) is 10.0 Å². The quantitative estimate of drug-likeness (QED) is 0.674. The summed E-state index contributed by atoms with van der Waals surface area (Å²) < 4.78 is 41.9. The van der Waals surface area contributed by atoms with Gasteiger partial charge in [0.15, 0.2) is 0 Å². The van der Waals surface area contributed by atoms with E-state index in [1.165, 1.54) is 30.3 Å². The highest BCUT2D eigenvalue weighted by Crippen LogP contribution is 2.32. The van der Waals surface area contributed by atoms with Gasteiger partial charge >= 0.3 is 0 Å². The van der Waals surface area contributed by atoms with E-state index < -0.39 is 21.5 Å². The molecule has 0 aliphatic heterocycles. The largest absolute Gasteiger partial charge is 0.366 e. The average molecular weight is 398 g/mol. The van der Waals surface area contributed by atoms with Gasteiger partial charge in [0, 0.05) is 11.7 Å². The summed E-state index contributed by atoms with van der Waals surface area (Å²) in [7, 11) is -3.76. The number of hydrogen-bond acceptors (Lipinski definition) is 4. The van der Waals surface area contributed by atoms with Crippen LogP contribution in [0.5, 0.6) is 0 Å². The van der Waals surface area contributed by atoms with E-state index in [2.05, 4.69) is 10.0 Å². The van der Waals surface area contributed by atoms with Crippen molar-refractivity contribution in [2.24, 2.45) is 5.73 Å². The second-order valence-corrected chi connectivity index (χ2v) is 8.70. The van der Waals surface area contributed by atoms with Gasteiger partial charge in [-0.05, 0) is 56.0 Å². The molecule has 1 fully saturated rings. The predicted molar refractivity (Wildman–Crippen MR) is 101 cm³/mol. The second kappa shape index (κ2) is 7.52. The van der Waals surface area contributed by atoms with Crippen molar-refractivity contribution in [3.8, 4) is 0 Å². The first kappa shape index (κ1) is 19.1. The molecule has 8 heteroatoms. The Morgan fingerprint density at radius 1 is 1.19 bits per heavy atom. The van der Waals surface area contributed by atoms with Crippen LogP contribution in [0.4, 0.5) is 10.1 Å². The Bertz CT molecular complexity index is 879. The number of nitrogens with one attached hydrogen (secondary N) is 2. The molecule has 2 aromatic carbocycles. The number of anilines is 1. The van der Waals surface area contributed by atoms with Crippen molar-refractivity contribution >= 4 is 27.3 Å². The molecule has 1 saturated carbocycles. The fourth-order valence-corrected chi connectivity index (χ4v) is 4.88. The van der Waals surface area contributed by atoms with Crippen LogP contribution >= 0.6 is 11.6 Å². The van der Waals surface area contributed by atoms with Crippen LogP contribution in [0, 0.1) is 5.82 Å². The molecule has 0 amide bonds. The summed E-state index contributed by atoms with van der Waals surface area (Å²) in [4.78, 5) is 0.178. The fraction of sp³-hybridized carbons (Fsp3) is 0.333. The molecule has 0 aromatic heterocycles. The molecule has 1 aliphatic carbocycles. The van der Waals surface area contributed by atoms with E-state index >= 15 is 0 Å². The number of rotatable bonds is 5. The van der Waals surface area contributed by atoms with Gasteiger partial charge in [0.05, 0.1) is 9.92 Å². The molecule has 140 valence electrons. The van der Waals surface area contributed by atoms with E-state index in [1.807, 2.05) is 0 Å². The van der Waals surface area contributed by atoms with Gasteiger partial charge in [0.25, 0.3) is 0 Å². The molecule has 26 heavy (non-hydrogen) atoms. The normalized spacial score (nSPS) is 23.6. The van der Waals surface area contributed by atoms with E-state index in [-0.39, 0.29) is 16.0 Å². The Balaban J connectivity index is 1.93. The first-order valence-corrected chi connectivity index (χ1v) is 10.2. The summed E-state index contributed by atoms with van der Waals surface area (Å²) in [5, 5.41) is 3.17.